The summed E-state index contributed by atoms with van der Waals surface area (Å²) in [6.45, 7) is 6.45. The number of para-hydroxylation sites is 3. The van der Waals surface area contributed by atoms with Crippen LogP contribution in [0.15, 0.2) is 249 Å². The molecular formula is C65H50N2S. The van der Waals surface area contributed by atoms with Gasteiger partial charge in [0.15, 0.2) is 0 Å². The predicted octanol–water partition coefficient (Wildman–Crippen LogP) is 18.9. The third-order valence-electron chi connectivity index (χ3n) is 12.9. The highest BCUT2D eigenvalue weighted by Crippen LogP contribution is 2.49. The average molecular weight is 891 g/mol. The minimum atomic E-state index is 1.15. The first-order chi connectivity index (χ1) is 33.5. The Morgan fingerprint density at radius 1 is 0.353 bits per heavy atom. The summed E-state index contributed by atoms with van der Waals surface area (Å²) < 4.78 is 5.00. The molecule has 0 spiro atoms. The first kappa shape index (κ1) is 42.4. The van der Waals surface area contributed by atoms with Gasteiger partial charge in [0.05, 0.1) is 27.1 Å². The van der Waals surface area contributed by atoms with Crippen molar-refractivity contribution in [2.75, 3.05) is 4.90 Å². The van der Waals surface area contributed by atoms with Crippen LogP contribution in [-0.2, 0) is 0 Å². The fraction of sp³-hybridized carbons (Fsp3) is 0.0462. The van der Waals surface area contributed by atoms with Gasteiger partial charge >= 0.3 is 0 Å². The second-order valence-corrected chi connectivity index (χ2v) is 18.5. The van der Waals surface area contributed by atoms with Gasteiger partial charge < -0.3 is 9.47 Å². The summed E-state index contributed by atoms with van der Waals surface area (Å²) in [6, 6.07) is 89.2. The van der Waals surface area contributed by atoms with Crippen LogP contribution >= 0.6 is 11.3 Å². The SMILES string of the molecule is Cc1cc(N(c2ccccc2)c2cccc3ccccc23)c2sc3c(-c4ccc5c6ccccc6n(-c6ccccc6)c5c4)cccc3c2c1.Cc1cccc2ccccc12.Cc1ccccc1. The lowest BCUT2D eigenvalue weighted by molar-refractivity contribution is 1.18. The molecule has 2 nitrogen and oxygen atoms in total. The van der Waals surface area contributed by atoms with E-state index in [1.807, 2.05) is 29.5 Å². The van der Waals surface area contributed by atoms with Gasteiger partial charge in [-0.15, -0.1) is 11.3 Å². The molecule has 0 saturated heterocycles. The third-order valence-corrected chi connectivity index (χ3v) is 14.2. The topological polar surface area (TPSA) is 8.17 Å². The van der Waals surface area contributed by atoms with Crippen LogP contribution in [0.3, 0.4) is 0 Å². The van der Waals surface area contributed by atoms with Gasteiger partial charge in [-0.25, -0.2) is 0 Å². The molecule has 0 aliphatic rings. The monoisotopic (exact) mass is 890 g/mol. The Morgan fingerprint density at radius 3 is 1.65 bits per heavy atom. The molecule has 0 saturated carbocycles. The van der Waals surface area contributed by atoms with Crippen LogP contribution in [-0.4, -0.2) is 4.57 Å². The van der Waals surface area contributed by atoms with E-state index in [-0.39, 0.29) is 0 Å². The van der Waals surface area contributed by atoms with Crippen LogP contribution in [0.1, 0.15) is 16.7 Å². The van der Waals surface area contributed by atoms with Crippen molar-refractivity contribution in [1.29, 1.82) is 0 Å². The highest BCUT2D eigenvalue weighted by Gasteiger charge is 2.22. The third kappa shape index (κ3) is 8.08. The van der Waals surface area contributed by atoms with Crippen LogP contribution in [0.5, 0.6) is 0 Å². The van der Waals surface area contributed by atoms with Crippen LogP contribution in [0, 0.1) is 20.8 Å². The molecule has 0 aliphatic heterocycles. The maximum atomic E-state index is 2.46. The number of aromatic nitrogens is 1. The summed E-state index contributed by atoms with van der Waals surface area (Å²) in [5.74, 6) is 0. The highest BCUT2D eigenvalue weighted by atomic mass is 32.1. The van der Waals surface area contributed by atoms with E-state index in [9.17, 15) is 0 Å². The first-order valence-electron chi connectivity index (χ1n) is 23.3. The number of fused-ring (bicyclic) bond motifs is 8. The molecule has 68 heavy (non-hydrogen) atoms. The number of nitrogens with zero attached hydrogens (tertiary/aromatic N) is 2. The zero-order valence-electron chi connectivity index (χ0n) is 38.5. The maximum absolute atomic E-state index is 2.46. The summed E-state index contributed by atoms with van der Waals surface area (Å²) in [7, 11) is 0. The zero-order chi connectivity index (χ0) is 46.0. The number of rotatable bonds is 5. The molecule has 11 aromatic carbocycles. The second-order valence-electron chi connectivity index (χ2n) is 17.5. The normalized spacial score (nSPS) is 11.2. The van der Waals surface area contributed by atoms with Gasteiger partial charge in [0, 0.05) is 43.0 Å². The molecule has 0 aliphatic carbocycles. The van der Waals surface area contributed by atoms with Gasteiger partial charge in [-0.1, -0.05) is 200 Å². The van der Waals surface area contributed by atoms with Crippen molar-refractivity contribution in [2.45, 2.75) is 20.8 Å². The molecular weight excluding hydrogens is 841 g/mol. The fourth-order valence-corrected chi connectivity index (χ4v) is 11.0. The Hall–Kier alpha value is -8.24. The quantitative estimate of drug-likeness (QED) is 0.167. The molecule has 0 bridgehead atoms. The molecule has 2 aromatic heterocycles. The number of thiophene rings is 1. The summed E-state index contributed by atoms with van der Waals surface area (Å²) in [5.41, 5.74) is 13.5. The van der Waals surface area contributed by atoms with E-state index in [4.69, 9.17) is 0 Å². The fourth-order valence-electron chi connectivity index (χ4n) is 9.72. The van der Waals surface area contributed by atoms with Gasteiger partial charge in [0.2, 0.25) is 0 Å². The highest BCUT2D eigenvalue weighted by molar-refractivity contribution is 7.27. The Balaban J connectivity index is 0.000000234. The van der Waals surface area contributed by atoms with E-state index >= 15 is 0 Å². The van der Waals surface area contributed by atoms with Crippen molar-refractivity contribution in [1.82, 2.24) is 4.57 Å². The van der Waals surface area contributed by atoms with Crippen molar-refractivity contribution in [2.24, 2.45) is 0 Å². The first-order valence-corrected chi connectivity index (χ1v) is 24.2. The van der Waals surface area contributed by atoms with Crippen LogP contribution < -0.4 is 4.90 Å². The molecule has 0 N–H and O–H groups in total. The molecule has 0 fully saturated rings. The van der Waals surface area contributed by atoms with Crippen LogP contribution in [0.2, 0.25) is 0 Å². The van der Waals surface area contributed by atoms with Gasteiger partial charge in [0.25, 0.3) is 0 Å². The van der Waals surface area contributed by atoms with E-state index < -0.39 is 0 Å². The molecule has 326 valence electrons. The lowest BCUT2D eigenvalue weighted by Crippen LogP contribution is -2.10. The Morgan fingerprint density at radius 2 is 0.926 bits per heavy atom. The summed E-state index contributed by atoms with van der Waals surface area (Å²) >= 11 is 1.90. The van der Waals surface area contributed by atoms with E-state index in [0.29, 0.717) is 0 Å². The minimum absolute atomic E-state index is 1.15. The largest absolute Gasteiger partial charge is 0.309 e. The van der Waals surface area contributed by atoms with Gasteiger partial charge in [-0.05, 0) is 114 Å². The van der Waals surface area contributed by atoms with Gasteiger partial charge in [0.1, 0.15) is 0 Å². The smallest absolute Gasteiger partial charge is 0.0643 e. The molecule has 0 atom stereocenters. The van der Waals surface area contributed by atoms with Gasteiger partial charge in [-0.2, -0.15) is 0 Å². The van der Waals surface area contributed by atoms with E-state index in [1.165, 1.54) is 108 Å². The molecule has 0 unspecified atom stereocenters. The lowest BCUT2D eigenvalue weighted by Gasteiger charge is -2.27. The number of aryl methyl sites for hydroxylation is 3. The standard InChI is InChI=1S/C47H32N2S.C11H10.C7H8/c1-31-28-41-40-23-13-22-37(33-26-27-39-38-21-10-11-24-43(38)48(44(39)30-33)34-16-4-2-5-17-34)46(40)50-47(41)45(29-31)49(35-18-6-3-7-19-35)42-25-12-15-32-14-8-9-20-36(32)42;1-9-5-4-7-10-6-2-3-8-11(9)10;1-7-5-3-2-4-6-7/h2-30H,1H3;2-8H,1H3;2-6H,1H3. The number of hydrogen-bond donors (Lipinski definition) is 0. The van der Waals surface area contributed by atoms with Crippen LogP contribution in [0.4, 0.5) is 17.1 Å². The van der Waals surface area contributed by atoms with Crippen molar-refractivity contribution in [3.63, 3.8) is 0 Å². The Labute approximate surface area is 402 Å². The van der Waals surface area contributed by atoms with E-state index in [0.717, 1.165) is 5.69 Å². The van der Waals surface area contributed by atoms with Crippen LogP contribution in [0.25, 0.3) is 80.3 Å². The van der Waals surface area contributed by atoms with Crippen molar-refractivity contribution in [3.8, 4) is 16.8 Å². The Kier molecular flexibility index (Phi) is 11.6. The summed E-state index contributed by atoms with van der Waals surface area (Å²) in [6.07, 6.45) is 0. The predicted molar refractivity (Wildman–Crippen MR) is 296 cm³/mol. The molecule has 0 amide bonds. The molecule has 0 radical (unpaired) electrons. The number of benzene rings is 11. The van der Waals surface area contributed by atoms with Crippen molar-refractivity contribution >= 4 is 91.9 Å². The number of anilines is 3. The van der Waals surface area contributed by atoms with Crippen molar-refractivity contribution < 1.29 is 0 Å². The van der Waals surface area contributed by atoms with E-state index in [1.54, 1.807) is 0 Å². The second kappa shape index (κ2) is 18.6. The molecule has 13 aromatic rings. The number of hydrogen-bond acceptors (Lipinski definition) is 2. The molecule has 2 heterocycles. The molecule has 13 rings (SSSR count). The Bertz CT molecular complexity index is 3870. The van der Waals surface area contributed by atoms with Gasteiger partial charge in [-0.3, -0.25) is 0 Å². The van der Waals surface area contributed by atoms with E-state index in [2.05, 4.69) is 261 Å². The molecule has 3 heteroatoms. The lowest BCUT2D eigenvalue weighted by atomic mass is 10.00. The summed E-state index contributed by atoms with van der Waals surface area (Å²) in [5, 5.41) is 10.3. The maximum Gasteiger partial charge on any atom is 0.0643 e. The van der Waals surface area contributed by atoms with Crippen molar-refractivity contribution in [3.05, 3.63) is 265 Å². The minimum Gasteiger partial charge on any atom is -0.309 e. The average Bonchev–Trinajstić information content (AvgIpc) is 3.93. The zero-order valence-corrected chi connectivity index (χ0v) is 39.3. The summed E-state index contributed by atoms with van der Waals surface area (Å²) in [4.78, 5) is 2.46.